The number of rotatable bonds is 3. The van der Waals surface area contributed by atoms with Gasteiger partial charge in [0.25, 0.3) is 5.91 Å². The quantitative estimate of drug-likeness (QED) is 0.870. The third kappa shape index (κ3) is 3.51. The fourth-order valence-electron chi connectivity index (χ4n) is 1.64. The number of amides is 1. The number of anilines is 2. The summed E-state index contributed by atoms with van der Waals surface area (Å²) in [6, 6.07) is 10.3. The van der Waals surface area contributed by atoms with Gasteiger partial charge in [0, 0.05) is 11.5 Å². The van der Waals surface area contributed by atoms with Crippen LogP contribution in [0, 0.1) is 11.3 Å². The first kappa shape index (κ1) is 15.3. The largest absolute Gasteiger partial charge is 0.373 e. The molecule has 0 aliphatic heterocycles. The van der Waals surface area contributed by atoms with Crippen molar-refractivity contribution in [3.63, 3.8) is 0 Å². The van der Waals surface area contributed by atoms with E-state index in [1.807, 2.05) is 6.07 Å². The van der Waals surface area contributed by atoms with Crippen LogP contribution in [0.15, 0.2) is 34.8 Å². The Balaban J connectivity index is 2.33. The van der Waals surface area contributed by atoms with E-state index in [0.717, 1.165) is 4.47 Å². The summed E-state index contributed by atoms with van der Waals surface area (Å²) in [6.07, 6.45) is 0. The number of carbonyl (C=O) groups is 1. The highest BCUT2D eigenvalue weighted by Crippen LogP contribution is 2.22. The Morgan fingerprint density at radius 2 is 2.14 bits per heavy atom. The first-order valence-corrected chi connectivity index (χ1v) is 7.07. The first-order valence-electron chi connectivity index (χ1n) is 5.90. The molecule has 2 N–H and O–H groups in total. The summed E-state index contributed by atoms with van der Waals surface area (Å²) in [4.78, 5) is 16.4. The molecule has 2 rings (SSSR count). The fraction of sp³-hybridized carbons (Fsp3) is 0.0714. The molecular formula is C14H10BrClN4O. The molecule has 0 spiro atoms. The van der Waals surface area contributed by atoms with Crippen LogP contribution in [0.4, 0.5) is 11.5 Å². The van der Waals surface area contributed by atoms with E-state index in [9.17, 15) is 4.79 Å². The molecule has 21 heavy (non-hydrogen) atoms. The number of carbonyl (C=O) groups excluding carboxylic acids is 1. The maximum Gasteiger partial charge on any atom is 0.275 e. The first-order chi connectivity index (χ1) is 10.0. The molecule has 0 bridgehead atoms. The highest BCUT2D eigenvalue weighted by Gasteiger charge is 2.15. The number of nitrogens with zero attached hydrogens (tertiary/aromatic N) is 2. The minimum absolute atomic E-state index is 0.0929. The molecule has 1 heterocycles. The molecule has 0 saturated heterocycles. The Morgan fingerprint density at radius 1 is 1.38 bits per heavy atom. The molecule has 0 atom stereocenters. The lowest BCUT2D eigenvalue weighted by Crippen LogP contribution is -2.15. The predicted molar refractivity (Wildman–Crippen MR) is 85.6 cm³/mol. The molecule has 7 heteroatoms. The number of benzene rings is 1. The summed E-state index contributed by atoms with van der Waals surface area (Å²) in [7, 11) is 1.69. The number of halogens is 2. The Labute approximate surface area is 135 Å². The van der Waals surface area contributed by atoms with Crippen molar-refractivity contribution in [2.45, 2.75) is 0 Å². The predicted octanol–water partition coefficient (Wildman–Crippen LogP) is 3.66. The van der Waals surface area contributed by atoms with E-state index in [0.29, 0.717) is 17.1 Å². The molecule has 5 nitrogen and oxygen atoms in total. The van der Waals surface area contributed by atoms with E-state index >= 15 is 0 Å². The van der Waals surface area contributed by atoms with Crippen LogP contribution >= 0.6 is 27.5 Å². The minimum atomic E-state index is -0.476. The highest BCUT2D eigenvalue weighted by atomic mass is 79.9. The average Bonchev–Trinajstić information content (AvgIpc) is 2.49. The minimum Gasteiger partial charge on any atom is -0.373 e. The van der Waals surface area contributed by atoms with Crippen LogP contribution in [-0.2, 0) is 0 Å². The van der Waals surface area contributed by atoms with E-state index in [4.69, 9.17) is 16.9 Å². The Kier molecular flexibility index (Phi) is 4.78. The Bertz CT molecular complexity index is 742. The molecule has 0 aliphatic carbocycles. The van der Waals surface area contributed by atoms with Crippen molar-refractivity contribution in [3.05, 3.63) is 51.1 Å². The summed E-state index contributed by atoms with van der Waals surface area (Å²) in [5.74, 6) is 0.0526. The van der Waals surface area contributed by atoms with Crippen molar-refractivity contribution >= 4 is 44.9 Å². The summed E-state index contributed by atoms with van der Waals surface area (Å²) in [5.41, 5.74) is 0.840. The number of hydrogen-bond acceptors (Lipinski definition) is 4. The van der Waals surface area contributed by atoms with Gasteiger partial charge in [0.2, 0.25) is 0 Å². The van der Waals surface area contributed by atoms with Gasteiger partial charge < -0.3 is 10.6 Å². The van der Waals surface area contributed by atoms with Crippen LogP contribution in [0.25, 0.3) is 0 Å². The van der Waals surface area contributed by atoms with Crippen molar-refractivity contribution in [2.75, 3.05) is 17.7 Å². The molecule has 1 amide bonds. The molecule has 0 saturated carbocycles. The third-order valence-electron chi connectivity index (χ3n) is 2.67. The topological polar surface area (TPSA) is 77.8 Å². The lowest BCUT2D eigenvalue weighted by molar-refractivity contribution is 0.102. The number of nitrogens with one attached hydrogen (secondary N) is 2. The number of pyridine rings is 1. The van der Waals surface area contributed by atoms with Gasteiger partial charge in [-0.05, 0) is 30.3 Å². The second-order valence-electron chi connectivity index (χ2n) is 4.03. The molecular weight excluding hydrogens is 356 g/mol. The summed E-state index contributed by atoms with van der Waals surface area (Å²) in [5, 5.41) is 14.8. The van der Waals surface area contributed by atoms with Crippen LogP contribution in [0.3, 0.4) is 0 Å². The lowest BCUT2D eigenvalue weighted by Gasteiger charge is -2.09. The van der Waals surface area contributed by atoms with Crippen molar-refractivity contribution in [3.8, 4) is 6.07 Å². The average molecular weight is 366 g/mol. The van der Waals surface area contributed by atoms with Gasteiger partial charge in [0.05, 0.1) is 16.3 Å². The molecule has 0 aliphatic rings. The van der Waals surface area contributed by atoms with Crippen molar-refractivity contribution in [1.82, 2.24) is 4.98 Å². The molecule has 0 radical (unpaired) electrons. The van der Waals surface area contributed by atoms with E-state index in [1.165, 1.54) is 0 Å². The molecule has 106 valence electrons. The zero-order valence-corrected chi connectivity index (χ0v) is 13.3. The van der Waals surface area contributed by atoms with Crippen LogP contribution in [0.5, 0.6) is 0 Å². The highest BCUT2D eigenvalue weighted by molar-refractivity contribution is 9.10. The summed E-state index contributed by atoms with van der Waals surface area (Å²) in [6.45, 7) is 0. The van der Waals surface area contributed by atoms with Gasteiger partial charge >= 0.3 is 0 Å². The molecule has 0 fully saturated rings. The van der Waals surface area contributed by atoms with Gasteiger partial charge in [-0.3, -0.25) is 4.79 Å². The van der Waals surface area contributed by atoms with Crippen LogP contribution in [0.2, 0.25) is 5.02 Å². The maximum atomic E-state index is 12.2. The van der Waals surface area contributed by atoms with E-state index in [2.05, 4.69) is 31.5 Å². The van der Waals surface area contributed by atoms with Crippen molar-refractivity contribution < 1.29 is 4.79 Å². The van der Waals surface area contributed by atoms with E-state index in [-0.39, 0.29) is 10.7 Å². The third-order valence-corrected chi connectivity index (χ3v) is 3.47. The van der Waals surface area contributed by atoms with E-state index in [1.54, 1.807) is 37.4 Å². The van der Waals surface area contributed by atoms with Gasteiger partial charge in [-0.1, -0.05) is 27.5 Å². The van der Waals surface area contributed by atoms with Gasteiger partial charge in [-0.15, -0.1) is 0 Å². The zero-order chi connectivity index (χ0) is 15.4. The second-order valence-corrected chi connectivity index (χ2v) is 5.36. The Hall–Kier alpha value is -2.10. The molecule has 0 unspecified atom stereocenters. The molecule has 1 aromatic carbocycles. The summed E-state index contributed by atoms with van der Waals surface area (Å²) >= 11 is 9.26. The van der Waals surface area contributed by atoms with Gasteiger partial charge in [-0.25, -0.2) is 4.98 Å². The molecule has 2 aromatic rings. The number of aromatic nitrogens is 1. The maximum absolute atomic E-state index is 12.2. The zero-order valence-electron chi connectivity index (χ0n) is 10.9. The van der Waals surface area contributed by atoms with Crippen molar-refractivity contribution in [2.24, 2.45) is 0 Å². The molecule has 1 aromatic heterocycles. The normalized spacial score (nSPS) is 9.81. The fourth-order valence-corrected chi connectivity index (χ4v) is 2.19. The lowest BCUT2D eigenvalue weighted by atomic mass is 10.2. The van der Waals surface area contributed by atoms with Gasteiger partial charge in [0.15, 0.2) is 0 Å². The smallest absolute Gasteiger partial charge is 0.275 e. The number of hydrogen-bond donors (Lipinski definition) is 2. The number of nitriles is 1. The SMILES string of the molecule is CNc1ccc(Cl)c(C(=O)Nc2ccc(Br)cc2C#N)n1. The van der Waals surface area contributed by atoms with Gasteiger partial charge in [0.1, 0.15) is 17.6 Å². The second kappa shape index (κ2) is 6.57. The van der Waals surface area contributed by atoms with Crippen molar-refractivity contribution in [1.29, 1.82) is 5.26 Å². The Morgan fingerprint density at radius 3 is 2.81 bits per heavy atom. The van der Waals surface area contributed by atoms with Crippen LogP contribution in [0.1, 0.15) is 16.1 Å². The van der Waals surface area contributed by atoms with E-state index < -0.39 is 5.91 Å². The van der Waals surface area contributed by atoms with Crippen LogP contribution in [-0.4, -0.2) is 17.9 Å². The van der Waals surface area contributed by atoms with Gasteiger partial charge in [-0.2, -0.15) is 5.26 Å². The summed E-state index contributed by atoms with van der Waals surface area (Å²) < 4.78 is 0.755. The monoisotopic (exact) mass is 364 g/mol. The standard InChI is InChI=1S/C14H10BrClN4O/c1-18-12-5-3-10(16)13(20-12)14(21)19-11-4-2-9(15)6-8(11)7-17/h2-6H,1H3,(H,18,20)(H,19,21). The van der Waals surface area contributed by atoms with Crippen LogP contribution < -0.4 is 10.6 Å².